The lowest BCUT2D eigenvalue weighted by atomic mass is 10.1. The zero-order chi connectivity index (χ0) is 11.8. The first-order chi connectivity index (χ1) is 7.09. The number of aliphatic carboxylic acids is 1. The van der Waals surface area contributed by atoms with Crippen molar-refractivity contribution in [1.82, 2.24) is 0 Å². The van der Waals surface area contributed by atoms with Crippen molar-refractivity contribution in [3.05, 3.63) is 34.3 Å². The number of rotatable bonds is 3. The normalized spacial score (nSPS) is 11.2. The standard InChI is InChI=1S/C9H10BrNO2.C2H6/c10-7-3-1-6(2-4-7)5-8(11)9(12)13;1-2/h1-4,8H,5,11H2,(H,12,13);1-2H3. The molecule has 84 valence electrons. The molecule has 0 fully saturated rings. The lowest BCUT2D eigenvalue weighted by molar-refractivity contribution is -0.138. The summed E-state index contributed by atoms with van der Waals surface area (Å²) < 4.78 is 0.972. The van der Waals surface area contributed by atoms with E-state index in [2.05, 4.69) is 15.9 Å². The molecular weight excluding hydrogens is 258 g/mol. The summed E-state index contributed by atoms with van der Waals surface area (Å²) in [6.07, 6.45) is 0.364. The lowest BCUT2D eigenvalue weighted by Gasteiger charge is -2.05. The van der Waals surface area contributed by atoms with Gasteiger partial charge in [0.2, 0.25) is 0 Å². The minimum absolute atomic E-state index is 0.364. The van der Waals surface area contributed by atoms with E-state index in [9.17, 15) is 4.79 Å². The summed E-state index contributed by atoms with van der Waals surface area (Å²) in [5, 5.41) is 8.56. The van der Waals surface area contributed by atoms with Crippen LogP contribution in [0, 0.1) is 0 Å². The van der Waals surface area contributed by atoms with Crippen molar-refractivity contribution in [1.29, 1.82) is 0 Å². The van der Waals surface area contributed by atoms with Crippen LogP contribution in [0.3, 0.4) is 0 Å². The zero-order valence-corrected chi connectivity index (χ0v) is 10.5. The van der Waals surface area contributed by atoms with Crippen molar-refractivity contribution in [2.75, 3.05) is 0 Å². The average molecular weight is 274 g/mol. The van der Waals surface area contributed by atoms with Gasteiger partial charge < -0.3 is 10.8 Å². The lowest BCUT2D eigenvalue weighted by Crippen LogP contribution is -2.32. The molecule has 0 saturated heterocycles. The minimum Gasteiger partial charge on any atom is -0.480 e. The van der Waals surface area contributed by atoms with E-state index in [-0.39, 0.29) is 0 Å². The highest BCUT2D eigenvalue weighted by molar-refractivity contribution is 9.10. The Morgan fingerprint density at radius 3 is 2.27 bits per heavy atom. The third-order valence-corrected chi connectivity index (χ3v) is 2.21. The molecule has 0 radical (unpaired) electrons. The predicted octanol–water partition coefficient (Wildman–Crippen LogP) is 2.43. The quantitative estimate of drug-likeness (QED) is 0.889. The van der Waals surface area contributed by atoms with Crippen LogP contribution in [-0.4, -0.2) is 17.1 Å². The van der Waals surface area contributed by atoms with E-state index in [0.29, 0.717) is 6.42 Å². The number of carboxylic acids is 1. The fourth-order valence-electron chi connectivity index (χ4n) is 0.962. The van der Waals surface area contributed by atoms with Crippen LogP contribution in [0.1, 0.15) is 19.4 Å². The Morgan fingerprint density at radius 1 is 1.40 bits per heavy atom. The van der Waals surface area contributed by atoms with Gasteiger partial charge in [-0.05, 0) is 24.1 Å². The van der Waals surface area contributed by atoms with Crippen molar-refractivity contribution in [3.8, 4) is 0 Å². The van der Waals surface area contributed by atoms with Crippen LogP contribution < -0.4 is 5.73 Å². The highest BCUT2D eigenvalue weighted by Crippen LogP contribution is 2.11. The number of hydrogen-bond donors (Lipinski definition) is 2. The van der Waals surface area contributed by atoms with Gasteiger partial charge in [-0.3, -0.25) is 4.79 Å². The van der Waals surface area contributed by atoms with Crippen LogP contribution in [0.4, 0.5) is 0 Å². The molecule has 1 aromatic carbocycles. The van der Waals surface area contributed by atoms with Crippen molar-refractivity contribution in [3.63, 3.8) is 0 Å². The Hall–Kier alpha value is -0.870. The second-order valence-electron chi connectivity index (χ2n) is 2.78. The Balaban J connectivity index is 0.000000921. The van der Waals surface area contributed by atoms with Crippen molar-refractivity contribution < 1.29 is 9.90 Å². The molecule has 0 aliphatic carbocycles. The van der Waals surface area contributed by atoms with E-state index in [1.54, 1.807) is 0 Å². The molecule has 15 heavy (non-hydrogen) atoms. The van der Waals surface area contributed by atoms with Crippen LogP contribution in [0.2, 0.25) is 0 Å². The van der Waals surface area contributed by atoms with Crippen molar-refractivity contribution >= 4 is 21.9 Å². The summed E-state index contributed by atoms with van der Waals surface area (Å²) in [5.41, 5.74) is 6.30. The van der Waals surface area contributed by atoms with Crippen LogP contribution in [0.25, 0.3) is 0 Å². The van der Waals surface area contributed by atoms with Crippen LogP contribution in [0.15, 0.2) is 28.7 Å². The Morgan fingerprint density at radius 2 is 1.87 bits per heavy atom. The molecule has 0 aromatic heterocycles. The van der Waals surface area contributed by atoms with E-state index in [4.69, 9.17) is 10.8 Å². The summed E-state index contributed by atoms with van der Waals surface area (Å²) in [6.45, 7) is 4.00. The smallest absolute Gasteiger partial charge is 0.320 e. The average Bonchev–Trinajstić information content (AvgIpc) is 2.24. The third-order valence-electron chi connectivity index (χ3n) is 1.69. The minimum atomic E-state index is -0.970. The first-order valence-corrected chi connectivity index (χ1v) is 5.61. The van der Waals surface area contributed by atoms with Gasteiger partial charge in [-0.15, -0.1) is 0 Å². The SMILES string of the molecule is CC.NC(Cc1ccc(Br)cc1)C(=O)O. The summed E-state index contributed by atoms with van der Waals surface area (Å²) in [7, 11) is 0. The molecule has 4 heteroatoms. The van der Waals surface area contributed by atoms with Gasteiger partial charge in [0, 0.05) is 4.47 Å². The highest BCUT2D eigenvalue weighted by Gasteiger charge is 2.11. The number of hydrogen-bond acceptors (Lipinski definition) is 2. The molecule has 1 aromatic rings. The second-order valence-corrected chi connectivity index (χ2v) is 3.69. The maximum Gasteiger partial charge on any atom is 0.320 e. The topological polar surface area (TPSA) is 63.3 Å². The van der Waals surface area contributed by atoms with Crippen molar-refractivity contribution in [2.45, 2.75) is 26.3 Å². The van der Waals surface area contributed by atoms with Gasteiger partial charge >= 0.3 is 5.97 Å². The molecule has 1 rings (SSSR count). The Bertz CT molecular complexity index is 298. The maximum absolute atomic E-state index is 10.4. The zero-order valence-electron chi connectivity index (χ0n) is 8.90. The van der Waals surface area contributed by atoms with Gasteiger partial charge in [0.05, 0.1) is 0 Å². The number of nitrogens with two attached hydrogens (primary N) is 1. The maximum atomic E-state index is 10.4. The van der Waals surface area contributed by atoms with Gasteiger partial charge in [0.1, 0.15) is 6.04 Å². The van der Waals surface area contributed by atoms with Crippen LogP contribution in [0.5, 0.6) is 0 Å². The van der Waals surface area contributed by atoms with Gasteiger partial charge in [-0.2, -0.15) is 0 Å². The van der Waals surface area contributed by atoms with Gasteiger partial charge in [0.15, 0.2) is 0 Å². The number of halogens is 1. The van der Waals surface area contributed by atoms with E-state index >= 15 is 0 Å². The highest BCUT2D eigenvalue weighted by atomic mass is 79.9. The molecule has 1 unspecified atom stereocenters. The second kappa shape index (κ2) is 7.43. The first-order valence-electron chi connectivity index (χ1n) is 4.82. The summed E-state index contributed by atoms with van der Waals surface area (Å²) in [5.74, 6) is -0.970. The third kappa shape index (κ3) is 5.54. The molecular formula is C11H16BrNO2. The molecule has 0 saturated carbocycles. The van der Waals surface area contributed by atoms with E-state index in [0.717, 1.165) is 10.0 Å². The van der Waals surface area contributed by atoms with Crippen LogP contribution in [-0.2, 0) is 11.2 Å². The van der Waals surface area contributed by atoms with Gasteiger partial charge in [-0.1, -0.05) is 41.9 Å². The Labute approximate surface area is 98.4 Å². The fourth-order valence-corrected chi connectivity index (χ4v) is 1.23. The predicted molar refractivity (Wildman–Crippen MR) is 64.8 cm³/mol. The molecule has 0 bridgehead atoms. The molecule has 3 nitrogen and oxygen atoms in total. The number of benzene rings is 1. The van der Waals surface area contributed by atoms with Gasteiger partial charge in [0.25, 0.3) is 0 Å². The number of carbonyl (C=O) groups is 1. The molecule has 0 heterocycles. The summed E-state index contributed by atoms with van der Waals surface area (Å²) in [6, 6.07) is 6.62. The van der Waals surface area contributed by atoms with Crippen molar-refractivity contribution in [2.24, 2.45) is 5.73 Å². The molecule has 0 amide bonds. The van der Waals surface area contributed by atoms with E-state index in [1.165, 1.54) is 0 Å². The molecule has 1 atom stereocenters. The molecule has 0 spiro atoms. The largest absolute Gasteiger partial charge is 0.480 e. The molecule has 3 N–H and O–H groups in total. The van der Waals surface area contributed by atoms with E-state index < -0.39 is 12.0 Å². The number of carboxylic acid groups (broad SMARTS) is 1. The monoisotopic (exact) mass is 273 g/mol. The molecule has 0 aliphatic heterocycles. The molecule has 0 aliphatic rings. The first kappa shape index (κ1) is 14.1. The van der Waals surface area contributed by atoms with E-state index in [1.807, 2.05) is 38.1 Å². The summed E-state index contributed by atoms with van der Waals surface area (Å²) >= 11 is 3.29. The Kier molecular flexibility index (Phi) is 6.99. The van der Waals surface area contributed by atoms with Gasteiger partial charge in [-0.25, -0.2) is 0 Å². The summed E-state index contributed by atoms with van der Waals surface area (Å²) in [4.78, 5) is 10.4. The van der Waals surface area contributed by atoms with Crippen LogP contribution >= 0.6 is 15.9 Å². The fraction of sp³-hybridized carbons (Fsp3) is 0.364.